The molecule has 0 radical (unpaired) electrons. The van der Waals surface area contributed by atoms with E-state index in [1.165, 1.54) is 5.57 Å². The first-order valence-electron chi connectivity index (χ1n) is 9.42. The molecular weight excluding hydrogens is 328 g/mol. The number of benzene rings is 1. The van der Waals surface area contributed by atoms with Gasteiger partial charge in [-0.15, -0.1) is 0 Å². The molecule has 4 aliphatic rings. The van der Waals surface area contributed by atoms with E-state index in [2.05, 4.69) is 13.0 Å². The Morgan fingerprint density at radius 3 is 2.58 bits per heavy atom. The second-order valence-electron chi connectivity index (χ2n) is 8.83. The van der Waals surface area contributed by atoms with Crippen molar-refractivity contribution in [2.75, 3.05) is 0 Å². The van der Waals surface area contributed by atoms with Crippen molar-refractivity contribution in [1.82, 2.24) is 0 Å². The van der Waals surface area contributed by atoms with Gasteiger partial charge in [0.05, 0.1) is 11.1 Å². The van der Waals surface area contributed by atoms with Crippen molar-refractivity contribution in [2.45, 2.75) is 65.1 Å². The minimum atomic E-state index is -1.23. The second-order valence-corrected chi connectivity index (χ2v) is 8.83. The minimum absolute atomic E-state index is 0.0315. The lowest BCUT2D eigenvalue weighted by molar-refractivity contribution is -0.0259. The maximum Gasteiger partial charge on any atom is 0.199 e. The van der Waals surface area contributed by atoms with Crippen molar-refractivity contribution >= 4 is 11.6 Å². The van der Waals surface area contributed by atoms with Crippen molar-refractivity contribution in [2.24, 2.45) is 11.8 Å². The van der Waals surface area contributed by atoms with Gasteiger partial charge in [0.2, 0.25) is 0 Å². The lowest BCUT2D eigenvalue weighted by Gasteiger charge is -2.50. The molecule has 0 spiro atoms. The fourth-order valence-electron chi connectivity index (χ4n) is 4.66. The number of rotatable bonds is 2. The van der Waals surface area contributed by atoms with E-state index in [0.717, 1.165) is 17.5 Å². The Balaban J connectivity index is 1.97. The van der Waals surface area contributed by atoms with Gasteiger partial charge >= 0.3 is 0 Å². The third-order valence-corrected chi connectivity index (χ3v) is 6.40. The van der Waals surface area contributed by atoms with Crippen molar-refractivity contribution in [3.63, 3.8) is 0 Å². The SMILES string of the molecule is CC(C)=CCc1cc2c(c3c1[C@@H]1C[C@H](C3=O)[C@@H]1C)OC(C)(C)[C@@H](O)C2=O. The van der Waals surface area contributed by atoms with Crippen LogP contribution in [0.1, 0.15) is 78.8 Å². The summed E-state index contributed by atoms with van der Waals surface area (Å²) in [5, 5.41) is 10.4. The van der Waals surface area contributed by atoms with E-state index in [4.69, 9.17) is 4.74 Å². The molecule has 3 aliphatic carbocycles. The van der Waals surface area contributed by atoms with Crippen molar-refractivity contribution in [3.8, 4) is 5.75 Å². The van der Waals surface area contributed by atoms with Crippen LogP contribution < -0.4 is 4.74 Å². The maximum atomic E-state index is 13.2. The first-order valence-corrected chi connectivity index (χ1v) is 9.42. The molecular formula is C22H26O4. The third-order valence-electron chi connectivity index (χ3n) is 6.40. The van der Waals surface area contributed by atoms with Gasteiger partial charge < -0.3 is 9.84 Å². The highest BCUT2D eigenvalue weighted by molar-refractivity contribution is 6.11. The first kappa shape index (κ1) is 17.5. The van der Waals surface area contributed by atoms with Gasteiger partial charge in [-0.25, -0.2) is 0 Å². The predicted molar refractivity (Wildman–Crippen MR) is 99.0 cm³/mol. The van der Waals surface area contributed by atoms with Crippen LogP contribution >= 0.6 is 0 Å². The monoisotopic (exact) mass is 354 g/mol. The van der Waals surface area contributed by atoms with Gasteiger partial charge in [0.25, 0.3) is 0 Å². The standard InChI is InChI=1S/C22H26O4/c1-10(2)6-7-12-8-15-19(24)21(25)22(4,5)26-20(15)17-16(12)13-9-14(11(13)3)18(17)23/h6,8,11,13-14,21,25H,7,9H2,1-5H3/t11-,13-,14+,21+/m1/s1. The van der Waals surface area contributed by atoms with Crippen molar-refractivity contribution < 1.29 is 19.4 Å². The Morgan fingerprint density at radius 1 is 1.27 bits per heavy atom. The van der Waals surface area contributed by atoms with Crippen molar-refractivity contribution in [1.29, 1.82) is 0 Å². The molecule has 5 rings (SSSR count). The zero-order chi connectivity index (χ0) is 19.0. The van der Waals surface area contributed by atoms with E-state index >= 15 is 0 Å². The normalized spacial score (nSPS) is 30.7. The molecule has 1 heterocycles. The molecule has 0 amide bonds. The Hall–Kier alpha value is -1.94. The highest BCUT2D eigenvalue weighted by Crippen LogP contribution is 2.58. The first-order chi connectivity index (χ1) is 12.1. The number of hydrogen-bond donors (Lipinski definition) is 1. The summed E-state index contributed by atoms with van der Waals surface area (Å²) in [5.74, 6) is 0.878. The molecule has 0 aromatic heterocycles. The summed E-state index contributed by atoms with van der Waals surface area (Å²) >= 11 is 0. The molecule has 4 atom stereocenters. The van der Waals surface area contributed by atoms with Gasteiger partial charge in [-0.05, 0) is 69.6 Å². The highest BCUT2D eigenvalue weighted by Gasteiger charge is 2.53. The van der Waals surface area contributed by atoms with E-state index in [0.29, 0.717) is 35.1 Å². The molecule has 4 nitrogen and oxygen atoms in total. The number of aliphatic hydroxyl groups is 1. The van der Waals surface area contributed by atoms with E-state index in [1.807, 2.05) is 19.9 Å². The Bertz CT molecular complexity index is 857. The number of allylic oxidation sites excluding steroid dienone is 2. The van der Waals surface area contributed by atoms with Crippen LogP contribution in [0.25, 0.3) is 0 Å². The van der Waals surface area contributed by atoms with Crippen LogP contribution in [-0.2, 0) is 6.42 Å². The van der Waals surface area contributed by atoms with Crippen LogP contribution in [-0.4, -0.2) is 28.4 Å². The largest absolute Gasteiger partial charge is 0.483 e. The molecule has 138 valence electrons. The van der Waals surface area contributed by atoms with Crippen LogP contribution in [0.15, 0.2) is 17.7 Å². The molecule has 1 N–H and O–H groups in total. The summed E-state index contributed by atoms with van der Waals surface area (Å²) in [7, 11) is 0. The van der Waals surface area contributed by atoms with Gasteiger partial charge in [0, 0.05) is 5.92 Å². The van der Waals surface area contributed by atoms with E-state index in [9.17, 15) is 14.7 Å². The summed E-state index contributed by atoms with van der Waals surface area (Å²) < 4.78 is 6.05. The van der Waals surface area contributed by atoms with E-state index in [-0.39, 0.29) is 17.5 Å². The van der Waals surface area contributed by atoms with Crippen LogP contribution in [0.5, 0.6) is 5.75 Å². The smallest absolute Gasteiger partial charge is 0.199 e. The number of fused-ring (bicyclic) bond motifs is 1. The fraction of sp³-hybridized carbons (Fsp3) is 0.545. The number of ketones is 2. The summed E-state index contributed by atoms with van der Waals surface area (Å²) in [6.45, 7) is 9.61. The average molecular weight is 354 g/mol. The summed E-state index contributed by atoms with van der Waals surface area (Å²) in [6.07, 6.45) is 2.48. The summed E-state index contributed by atoms with van der Waals surface area (Å²) in [4.78, 5) is 26.0. The number of ether oxygens (including phenoxy) is 1. The molecule has 0 unspecified atom stereocenters. The second kappa shape index (κ2) is 5.53. The predicted octanol–water partition coefficient (Wildman–Crippen LogP) is 3.85. The molecule has 2 bridgehead atoms. The molecule has 1 aliphatic heterocycles. The maximum absolute atomic E-state index is 13.2. The van der Waals surface area contributed by atoms with Crippen LogP contribution in [0.2, 0.25) is 0 Å². The lowest BCUT2D eigenvalue weighted by Crippen LogP contribution is -2.52. The van der Waals surface area contributed by atoms with E-state index < -0.39 is 11.7 Å². The van der Waals surface area contributed by atoms with E-state index in [1.54, 1.807) is 13.8 Å². The number of carbonyl (C=O) groups excluding carboxylic acids is 2. The summed E-state index contributed by atoms with van der Waals surface area (Å²) in [6, 6.07) is 1.85. The molecule has 1 saturated carbocycles. The van der Waals surface area contributed by atoms with Gasteiger partial charge in [-0.3, -0.25) is 9.59 Å². The average Bonchev–Trinajstić information content (AvgIpc) is 2.56. The van der Waals surface area contributed by atoms with Gasteiger partial charge in [-0.1, -0.05) is 18.6 Å². The topological polar surface area (TPSA) is 63.6 Å². The Morgan fingerprint density at radius 2 is 1.96 bits per heavy atom. The number of carbonyl (C=O) groups is 2. The van der Waals surface area contributed by atoms with Gasteiger partial charge in [0.15, 0.2) is 17.7 Å². The third kappa shape index (κ3) is 2.24. The zero-order valence-corrected chi connectivity index (χ0v) is 16.1. The van der Waals surface area contributed by atoms with Crippen LogP contribution in [0.3, 0.4) is 0 Å². The number of aliphatic hydroxyl groups excluding tert-OH is 1. The lowest BCUT2D eigenvalue weighted by atomic mass is 9.54. The van der Waals surface area contributed by atoms with Gasteiger partial charge in [-0.2, -0.15) is 0 Å². The quantitative estimate of drug-likeness (QED) is 0.820. The molecule has 1 fully saturated rings. The molecule has 1 aromatic carbocycles. The minimum Gasteiger partial charge on any atom is -0.483 e. The molecule has 4 heteroatoms. The van der Waals surface area contributed by atoms with Crippen molar-refractivity contribution in [3.05, 3.63) is 40.0 Å². The molecule has 26 heavy (non-hydrogen) atoms. The fourth-order valence-corrected chi connectivity index (χ4v) is 4.66. The summed E-state index contributed by atoms with van der Waals surface area (Å²) in [5.41, 5.74) is 3.21. The van der Waals surface area contributed by atoms with Crippen LogP contribution in [0.4, 0.5) is 0 Å². The number of hydrogen-bond acceptors (Lipinski definition) is 4. The van der Waals surface area contributed by atoms with Gasteiger partial charge in [0.1, 0.15) is 11.4 Å². The highest BCUT2D eigenvalue weighted by atomic mass is 16.5. The zero-order valence-electron chi connectivity index (χ0n) is 16.1. The number of Topliss-reactive ketones (excluding diaryl/α,β-unsaturated/α-hetero) is 2. The molecule has 1 aromatic rings. The Kier molecular flexibility index (Phi) is 3.71. The Labute approximate surface area is 154 Å². The van der Waals surface area contributed by atoms with Crippen LogP contribution in [0, 0.1) is 11.8 Å². The molecule has 0 saturated heterocycles.